The van der Waals surface area contributed by atoms with E-state index >= 15 is 0 Å². The van der Waals surface area contributed by atoms with E-state index in [1.165, 1.54) is 7.11 Å². The molecule has 2 rings (SSSR count). The molecule has 0 atom stereocenters. The summed E-state index contributed by atoms with van der Waals surface area (Å²) in [7, 11) is 3.44. The van der Waals surface area contributed by atoms with Crippen molar-refractivity contribution in [3.8, 4) is 0 Å². The predicted molar refractivity (Wildman–Crippen MR) is 60.6 cm³/mol. The lowest BCUT2D eigenvalue weighted by molar-refractivity contribution is 0.0589. The fourth-order valence-electron chi connectivity index (χ4n) is 1.81. The van der Waals surface area contributed by atoms with Gasteiger partial charge in [0.25, 0.3) is 0 Å². The standard InChI is InChI=1S/C11H17N3O3/c1-13-3-5-14(6-4-13)8-9-7-10(12-17-9)11(15)16-2/h7H,3-6,8H2,1-2H3. The maximum absolute atomic E-state index is 11.2. The Bertz CT molecular complexity index is 383. The van der Waals surface area contributed by atoms with Crippen LogP contribution < -0.4 is 0 Å². The van der Waals surface area contributed by atoms with Gasteiger partial charge in [0.1, 0.15) is 0 Å². The highest BCUT2D eigenvalue weighted by molar-refractivity contribution is 5.86. The Morgan fingerprint density at radius 3 is 2.82 bits per heavy atom. The van der Waals surface area contributed by atoms with E-state index in [4.69, 9.17) is 4.52 Å². The number of aromatic nitrogens is 1. The molecule has 6 nitrogen and oxygen atoms in total. The molecule has 0 N–H and O–H groups in total. The summed E-state index contributed by atoms with van der Waals surface area (Å²) < 4.78 is 9.68. The predicted octanol–water partition coefficient (Wildman–Crippen LogP) is 0.209. The molecule has 0 aromatic carbocycles. The van der Waals surface area contributed by atoms with E-state index in [0.717, 1.165) is 26.2 Å². The lowest BCUT2D eigenvalue weighted by atomic mass is 10.3. The SMILES string of the molecule is COC(=O)c1cc(CN2CCN(C)CC2)on1. The van der Waals surface area contributed by atoms with Crippen LogP contribution in [0, 0.1) is 0 Å². The van der Waals surface area contributed by atoms with Crippen LogP contribution in [-0.2, 0) is 11.3 Å². The molecule has 1 fully saturated rings. The molecule has 1 aliphatic heterocycles. The molecule has 0 radical (unpaired) electrons. The highest BCUT2D eigenvalue weighted by Gasteiger charge is 2.18. The van der Waals surface area contributed by atoms with E-state index < -0.39 is 5.97 Å². The Balaban J connectivity index is 1.90. The number of rotatable bonds is 3. The number of methoxy groups -OCH3 is 1. The Hall–Kier alpha value is -1.40. The first-order valence-electron chi connectivity index (χ1n) is 5.64. The lowest BCUT2D eigenvalue weighted by Gasteiger charge is -2.31. The molecule has 0 aliphatic carbocycles. The van der Waals surface area contributed by atoms with Crippen LogP contribution >= 0.6 is 0 Å². The van der Waals surface area contributed by atoms with Gasteiger partial charge >= 0.3 is 5.97 Å². The van der Waals surface area contributed by atoms with Gasteiger partial charge in [-0.2, -0.15) is 0 Å². The quantitative estimate of drug-likeness (QED) is 0.703. The van der Waals surface area contributed by atoms with Crippen LogP contribution in [0.3, 0.4) is 0 Å². The van der Waals surface area contributed by atoms with Crippen molar-refractivity contribution in [1.82, 2.24) is 15.0 Å². The van der Waals surface area contributed by atoms with Gasteiger partial charge in [-0.1, -0.05) is 5.16 Å². The molecule has 2 heterocycles. The highest BCUT2D eigenvalue weighted by atomic mass is 16.5. The van der Waals surface area contributed by atoms with Crippen molar-refractivity contribution in [3.63, 3.8) is 0 Å². The first kappa shape index (κ1) is 12.1. The molecule has 0 amide bonds. The largest absolute Gasteiger partial charge is 0.464 e. The maximum Gasteiger partial charge on any atom is 0.360 e. The van der Waals surface area contributed by atoms with Gasteiger partial charge in [0.05, 0.1) is 13.7 Å². The zero-order chi connectivity index (χ0) is 12.3. The van der Waals surface area contributed by atoms with Gasteiger partial charge in [-0.25, -0.2) is 4.79 Å². The summed E-state index contributed by atoms with van der Waals surface area (Å²) in [5, 5.41) is 3.68. The number of likely N-dealkylation sites (N-methyl/N-ethyl adjacent to an activating group) is 1. The second kappa shape index (κ2) is 5.29. The zero-order valence-corrected chi connectivity index (χ0v) is 10.2. The minimum absolute atomic E-state index is 0.233. The van der Waals surface area contributed by atoms with Crippen molar-refractivity contribution < 1.29 is 14.1 Å². The Labute approximate surface area is 100 Å². The minimum atomic E-state index is -0.460. The number of carbonyl (C=O) groups excluding carboxylic acids is 1. The molecular formula is C11H17N3O3. The van der Waals surface area contributed by atoms with Crippen LogP contribution in [-0.4, -0.2) is 61.3 Å². The molecule has 1 saturated heterocycles. The van der Waals surface area contributed by atoms with Crippen LogP contribution in [0.25, 0.3) is 0 Å². The number of hydrogen-bond acceptors (Lipinski definition) is 6. The lowest BCUT2D eigenvalue weighted by Crippen LogP contribution is -2.43. The van der Waals surface area contributed by atoms with Crippen LogP contribution in [0.4, 0.5) is 0 Å². The van der Waals surface area contributed by atoms with Gasteiger partial charge in [-0.3, -0.25) is 4.90 Å². The summed E-state index contributed by atoms with van der Waals surface area (Å²) in [6.45, 7) is 4.81. The Morgan fingerprint density at radius 1 is 1.47 bits per heavy atom. The second-order valence-electron chi connectivity index (χ2n) is 4.25. The summed E-state index contributed by atoms with van der Waals surface area (Å²) in [5.41, 5.74) is 0.233. The summed E-state index contributed by atoms with van der Waals surface area (Å²) in [6.07, 6.45) is 0. The molecule has 1 aliphatic rings. The van der Waals surface area contributed by atoms with Crippen LogP contribution in [0.15, 0.2) is 10.6 Å². The number of carbonyl (C=O) groups is 1. The number of piperazine rings is 1. The molecule has 1 aromatic heterocycles. The fourth-order valence-corrected chi connectivity index (χ4v) is 1.81. The van der Waals surface area contributed by atoms with E-state index in [9.17, 15) is 4.79 Å². The van der Waals surface area contributed by atoms with Crippen molar-refractivity contribution in [2.24, 2.45) is 0 Å². The normalized spacial score (nSPS) is 18.2. The third-order valence-corrected chi connectivity index (χ3v) is 2.93. The molecule has 6 heteroatoms. The van der Waals surface area contributed by atoms with Gasteiger partial charge in [-0.15, -0.1) is 0 Å². The van der Waals surface area contributed by atoms with E-state index in [1.54, 1.807) is 6.07 Å². The fraction of sp³-hybridized carbons (Fsp3) is 0.636. The third kappa shape index (κ3) is 3.04. The van der Waals surface area contributed by atoms with Crippen LogP contribution in [0.1, 0.15) is 16.2 Å². The maximum atomic E-state index is 11.2. The number of esters is 1. The van der Waals surface area contributed by atoms with Crippen LogP contribution in [0.2, 0.25) is 0 Å². The summed E-state index contributed by atoms with van der Waals surface area (Å²) in [6, 6.07) is 1.64. The minimum Gasteiger partial charge on any atom is -0.464 e. The van der Waals surface area contributed by atoms with Crippen LogP contribution in [0.5, 0.6) is 0 Å². The Morgan fingerprint density at radius 2 is 2.18 bits per heavy atom. The van der Waals surface area contributed by atoms with E-state index in [2.05, 4.69) is 26.7 Å². The number of ether oxygens (including phenoxy) is 1. The number of hydrogen-bond donors (Lipinski definition) is 0. The average Bonchev–Trinajstić information content (AvgIpc) is 2.80. The van der Waals surface area contributed by atoms with E-state index in [0.29, 0.717) is 12.3 Å². The third-order valence-electron chi connectivity index (χ3n) is 2.93. The van der Waals surface area contributed by atoms with Gasteiger partial charge in [0, 0.05) is 32.2 Å². The highest BCUT2D eigenvalue weighted by Crippen LogP contribution is 2.10. The van der Waals surface area contributed by atoms with Gasteiger partial charge in [0.15, 0.2) is 11.5 Å². The topological polar surface area (TPSA) is 58.8 Å². The Kier molecular flexibility index (Phi) is 3.75. The van der Waals surface area contributed by atoms with E-state index in [1.807, 2.05) is 0 Å². The molecule has 17 heavy (non-hydrogen) atoms. The smallest absolute Gasteiger partial charge is 0.360 e. The first-order valence-corrected chi connectivity index (χ1v) is 5.64. The average molecular weight is 239 g/mol. The van der Waals surface area contributed by atoms with Gasteiger partial charge in [0.2, 0.25) is 0 Å². The molecule has 0 unspecified atom stereocenters. The molecule has 0 bridgehead atoms. The van der Waals surface area contributed by atoms with Crippen molar-refractivity contribution in [3.05, 3.63) is 17.5 Å². The molecular weight excluding hydrogens is 222 g/mol. The van der Waals surface area contributed by atoms with Crippen molar-refractivity contribution in [1.29, 1.82) is 0 Å². The molecule has 0 spiro atoms. The van der Waals surface area contributed by atoms with E-state index in [-0.39, 0.29) is 5.69 Å². The summed E-state index contributed by atoms with van der Waals surface area (Å²) in [4.78, 5) is 15.8. The van der Waals surface area contributed by atoms with Gasteiger partial charge in [-0.05, 0) is 7.05 Å². The summed E-state index contributed by atoms with van der Waals surface area (Å²) in [5.74, 6) is 0.244. The molecule has 0 saturated carbocycles. The zero-order valence-electron chi connectivity index (χ0n) is 10.2. The number of nitrogens with zero attached hydrogens (tertiary/aromatic N) is 3. The first-order chi connectivity index (χ1) is 8.19. The van der Waals surface area contributed by atoms with Crippen molar-refractivity contribution in [2.45, 2.75) is 6.54 Å². The van der Waals surface area contributed by atoms with Gasteiger partial charge < -0.3 is 14.2 Å². The second-order valence-corrected chi connectivity index (χ2v) is 4.25. The molecule has 94 valence electrons. The summed E-state index contributed by atoms with van der Waals surface area (Å²) >= 11 is 0. The van der Waals surface area contributed by atoms with Crippen molar-refractivity contribution in [2.75, 3.05) is 40.3 Å². The van der Waals surface area contributed by atoms with Crippen molar-refractivity contribution >= 4 is 5.97 Å². The monoisotopic (exact) mass is 239 g/mol. The molecule has 1 aromatic rings.